The lowest BCUT2D eigenvalue weighted by atomic mass is 9.72. The highest BCUT2D eigenvalue weighted by Gasteiger charge is 2.25. The highest BCUT2D eigenvalue weighted by Crippen LogP contribution is 2.37. The third-order valence-corrected chi connectivity index (χ3v) is 3.38. The van der Waals surface area contributed by atoms with Gasteiger partial charge in [-0.3, -0.25) is 4.79 Å². The van der Waals surface area contributed by atoms with Gasteiger partial charge in [-0.1, -0.05) is 53.9 Å². The number of carboxylic acid groups (broad SMARTS) is 1. The van der Waals surface area contributed by atoms with Crippen molar-refractivity contribution in [1.82, 2.24) is 0 Å². The Hall–Kier alpha value is -0.570. The summed E-state index contributed by atoms with van der Waals surface area (Å²) < 4.78 is 0. The topological polar surface area (TPSA) is 63.3 Å². The molecule has 1 aliphatic rings. The molecule has 0 radical (unpaired) electrons. The fourth-order valence-electron chi connectivity index (χ4n) is 1.97. The predicted molar refractivity (Wildman–Crippen MR) is 83.3 cm³/mol. The molecule has 3 N–H and O–H groups in total. The lowest BCUT2D eigenvalue weighted by Crippen LogP contribution is -2.41. The van der Waals surface area contributed by atoms with Gasteiger partial charge in [0.1, 0.15) is 5.54 Å². The number of carbonyl (C=O) groups is 1. The van der Waals surface area contributed by atoms with Crippen molar-refractivity contribution in [3.8, 4) is 0 Å². The normalized spacial score (nSPS) is 16.6. The van der Waals surface area contributed by atoms with Gasteiger partial charge in [0.2, 0.25) is 0 Å². The molecular formula is C16H35NO2. The van der Waals surface area contributed by atoms with E-state index < -0.39 is 11.5 Å². The van der Waals surface area contributed by atoms with Crippen LogP contribution in [0.15, 0.2) is 0 Å². The molecule has 1 rings (SSSR count). The van der Waals surface area contributed by atoms with Gasteiger partial charge in [0, 0.05) is 0 Å². The van der Waals surface area contributed by atoms with E-state index in [1.54, 1.807) is 0 Å². The Balaban J connectivity index is 0. The molecule has 0 spiro atoms. The lowest BCUT2D eigenvalue weighted by molar-refractivity contribution is -0.141. The number of carboxylic acids is 1. The van der Waals surface area contributed by atoms with Gasteiger partial charge in [0.25, 0.3) is 0 Å². The molecule has 1 fully saturated rings. The molecule has 3 nitrogen and oxygen atoms in total. The average Bonchev–Trinajstić information content (AvgIpc) is 2.31. The van der Waals surface area contributed by atoms with Crippen LogP contribution < -0.4 is 5.73 Å². The maximum absolute atomic E-state index is 9.90. The molecule has 19 heavy (non-hydrogen) atoms. The molecule has 0 saturated heterocycles. The predicted octanol–water partition coefficient (Wildman–Crippen LogP) is 4.45. The van der Waals surface area contributed by atoms with Crippen molar-refractivity contribution in [1.29, 1.82) is 0 Å². The summed E-state index contributed by atoms with van der Waals surface area (Å²) in [7, 11) is 0. The number of rotatable bonds is 1. The Labute approximate surface area is 120 Å². The fourth-order valence-corrected chi connectivity index (χ4v) is 1.97. The first-order valence-corrected chi connectivity index (χ1v) is 7.57. The summed E-state index contributed by atoms with van der Waals surface area (Å²) in [5.41, 5.74) is 4.57. The maximum atomic E-state index is 9.90. The quantitative estimate of drug-likeness (QED) is 0.742. The van der Waals surface area contributed by atoms with Crippen molar-refractivity contribution < 1.29 is 9.90 Å². The van der Waals surface area contributed by atoms with E-state index in [1.807, 2.05) is 13.8 Å². The Morgan fingerprint density at radius 3 is 1.47 bits per heavy atom. The average molecular weight is 273 g/mol. The Morgan fingerprint density at radius 1 is 1.00 bits per heavy atom. The molecule has 0 aromatic heterocycles. The van der Waals surface area contributed by atoms with E-state index in [9.17, 15) is 4.79 Å². The summed E-state index contributed by atoms with van der Waals surface area (Å²) >= 11 is 0. The first-order valence-electron chi connectivity index (χ1n) is 7.57. The Kier molecular flexibility index (Phi) is 10.2. The molecule has 0 bridgehead atoms. The summed E-state index contributed by atoms with van der Waals surface area (Å²) in [4.78, 5) is 9.90. The molecule has 0 amide bonds. The van der Waals surface area contributed by atoms with Crippen molar-refractivity contribution >= 4 is 5.97 Å². The minimum Gasteiger partial charge on any atom is -0.480 e. The molecule has 0 aliphatic heterocycles. The first kappa shape index (κ1) is 20.7. The zero-order chi connectivity index (χ0) is 15.7. The van der Waals surface area contributed by atoms with Crippen LogP contribution in [0.5, 0.6) is 0 Å². The van der Waals surface area contributed by atoms with Gasteiger partial charge in [-0.2, -0.15) is 0 Å². The summed E-state index contributed by atoms with van der Waals surface area (Å²) in [6.45, 7) is 14.0. The molecule has 0 heterocycles. The first-order chi connectivity index (χ1) is 8.55. The maximum Gasteiger partial charge on any atom is 0.323 e. The van der Waals surface area contributed by atoms with Crippen LogP contribution >= 0.6 is 0 Å². The molecule has 0 aromatic rings. The number of hydrogen-bond acceptors (Lipinski definition) is 2. The summed E-state index contributed by atoms with van der Waals surface area (Å²) in [6, 6.07) is 0. The van der Waals surface area contributed by atoms with Crippen molar-refractivity contribution in [3.05, 3.63) is 0 Å². The van der Waals surface area contributed by atoms with Crippen molar-refractivity contribution in [2.45, 2.75) is 86.1 Å². The highest BCUT2D eigenvalue weighted by atomic mass is 16.4. The standard InChI is InChI=1S/C10H20.C4H9NO2.C2H6/c1-10(2,3)9-7-5-4-6-8-9;1-4(2,5)3(6)7;1-2/h9H,4-8H2,1-3H3;5H2,1-2H3,(H,6,7);1-2H3. The van der Waals surface area contributed by atoms with Crippen LogP contribution in [0.1, 0.15) is 80.6 Å². The van der Waals surface area contributed by atoms with E-state index in [1.165, 1.54) is 46.0 Å². The minimum atomic E-state index is -1.08. The second-order valence-corrected chi connectivity index (χ2v) is 6.73. The highest BCUT2D eigenvalue weighted by molar-refractivity contribution is 5.77. The summed E-state index contributed by atoms with van der Waals surface area (Å²) in [5.74, 6) is 0.0220. The molecule has 1 saturated carbocycles. The van der Waals surface area contributed by atoms with Gasteiger partial charge in [0.15, 0.2) is 0 Å². The van der Waals surface area contributed by atoms with Gasteiger partial charge < -0.3 is 10.8 Å². The molecule has 3 heteroatoms. The monoisotopic (exact) mass is 273 g/mol. The van der Waals surface area contributed by atoms with Crippen LogP contribution in [0.3, 0.4) is 0 Å². The number of nitrogens with two attached hydrogens (primary N) is 1. The third kappa shape index (κ3) is 11.0. The fraction of sp³-hybridized carbons (Fsp3) is 0.938. The van der Waals surface area contributed by atoms with Gasteiger partial charge >= 0.3 is 5.97 Å². The van der Waals surface area contributed by atoms with E-state index in [0.29, 0.717) is 5.41 Å². The van der Waals surface area contributed by atoms with E-state index in [0.717, 1.165) is 5.92 Å². The van der Waals surface area contributed by atoms with Crippen LogP contribution in [-0.2, 0) is 4.79 Å². The molecule has 1 aliphatic carbocycles. The Bertz CT molecular complexity index is 230. The zero-order valence-electron chi connectivity index (χ0n) is 14.0. The number of aliphatic carboxylic acids is 1. The minimum absolute atomic E-state index is 0.570. The molecule has 0 unspecified atom stereocenters. The van der Waals surface area contributed by atoms with Crippen LogP contribution in [0.4, 0.5) is 0 Å². The van der Waals surface area contributed by atoms with Crippen LogP contribution in [0.2, 0.25) is 0 Å². The second-order valence-electron chi connectivity index (χ2n) is 6.73. The van der Waals surface area contributed by atoms with Gasteiger partial charge in [-0.15, -0.1) is 0 Å². The van der Waals surface area contributed by atoms with Crippen LogP contribution in [-0.4, -0.2) is 16.6 Å². The summed E-state index contributed by atoms with van der Waals surface area (Å²) in [6.07, 6.45) is 7.38. The van der Waals surface area contributed by atoms with Crippen molar-refractivity contribution in [2.24, 2.45) is 17.1 Å². The largest absolute Gasteiger partial charge is 0.480 e. The van der Waals surface area contributed by atoms with Crippen LogP contribution in [0.25, 0.3) is 0 Å². The summed E-state index contributed by atoms with van der Waals surface area (Å²) in [5, 5.41) is 8.12. The van der Waals surface area contributed by atoms with Gasteiger partial charge in [0.05, 0.1) is 0 Å². The van der Waals surface area contributed by atoms with E-state index >= 15 is 0 Å². The molecule has 0 atom stereocenters. The molecule has 0 aromatic carbocycles. The smallest absolute Gasteiger partial charge is 0.323 e. The SMILES string of the molecule is CC.CC(C)(C)C1CCCCC1.CC(C)(N)C(=O)O. The van der Waals surface area contributed by atoms with Crippen molar-refractivity contribution in [2.75, 3.05) is 0 Å². The van der Waals surface area contributed by atoms with E-state index in [2.05, 4.69) is 20.8 Å². The zero-order valence-corrected chi connectivity index (χ0v) is 14.0. The molecule has 116 valence electrons. The third-order valence-electron chi connectivity index (χ3n) is 3.38. The van der Waals surface area contributed by atoms with Gasteiger partial charge in [-0.25, -0.2) is 0 Å². The lowest BCUT2D eigenvalue weighted by Gasteiger charge is -2.33. The second kappa shape index (κ2) is 9.35. The van der Waals surface area contributed by atoms with E-state index in [4.69, 9.17) is 10.8 Å². The van der Waals surface area contributed by atoms with Gasteiger partial charge in [-0.05, 0) is 38.0 Å². The van der Waals surface area contributed by atoms with Crippen molar-refractivity contribution in [3.63, 3.8) is 0 Å². The Morgan fingerprint density at radius 2 is 1.32 bits per heavy atom. The molecular weight excluding hydrogens is 238 g/mol. The van der Waals surface area contributed by atoms with Crippen LogP contribution in [0, 0.1) is 11.3 Å². The number of hydrogen-bond donors (Lipinski definition) is 2. The van der Waals surface area contributed by atoms with E-state index in [-0.39, 0.29) is 0 Å².